The summed E-state index contributed by atoms with van der Waals surface area (Å²) in [6.45, 7) is 8.29. The second kappa shape index (κ2) is 7.91. The molecule has 0 aromatic rings. The van der Waals surface area contributed by atoms with E-state index in [9.17, 15) is 4.79 Å². The van der Waals surface area contributed by atoms with Crippen LogP contribution in [0.25, 0.3) is 0 Å². The van der Waals surface area contributed by atoms with Crippen LogP contribution in [0.15, 0.2) is 0 Å². The van der Waals surface area contributed by atoms with Crippen molar-refractivity contribution in [2.24, 2.45) is 0 Å². The van der Waals surface area contributed by atoms with E-state index in [0.29, 0.717) is 0 Å². The van der Waals surface area contributed by atoms with Gasteiger partial charge in [-0.3, -0.25) is 4.79 Å². The minimum absolute atomic E-state index is 0.114. The molecule has 1 radical (unpaired) electrons. The first-order valence-corrected chi connectivity index (χ1v) is 8.69. The van der Waals surface area contributed by atoms with Crippen LogP contribution in [0, 0.1) is 6.42 Å². The predicted octanol–water partition coefficient (Wildman–Crippen LogP) is 3.93. The summed E-state index contributed by atoms with van der Waals surface area (Å²) in [5, 5.41) is 0. The molecule has 89 valence electrons. The maximum absolute atomic E-state index is 11.4. The van der Waals surface area contributed by atoms with Crippen molar-refractivity contribution in [2.75, 3.05) is 0 Å². The van der Waals surface area contributed by atoms with Crippen molar-refractivity contribution in [3.05, 3.63) is 6.42 Å². The average Bonchev–Trinajstić information content (AvgIpc) is 2.18. The van der Waals surface area contributed by atoms with Gasteiger partial charge in [0.2, 0.25) is 0 Å². The Hall–Kier alpha value is -0.313. The van der Waals surface area contributed by atoms with Gasteiger partial charge in [0, 0.05) is 0 Å². The lowest BCUT2D eigenvalue weighted by Gasteiger charge is -2.30. The van der Waals surface area contributed by atoms with Gasteiger partial charge in [0.25, 0.3) is 14.3 Å². The number of carbonyl (C=O) groups is 1. The zero-order chi connectivity index (χ0) is 11.7. The van der Waals surface area contributed by atoms with E-state index in [1.165, 1.54) is 0 Å². The van der Waals surface area contributed by atoms with Gasteiger partial charge >= 0.3 is 0 Å². The van der Waals surface area contributed by atoms with Crippen molar-refractivity contribution in [3.8, 4) is 0 Å². The van der Waals surface area contributed by atoms with E-state index < -0.39 is 8.32 Å². The largest absolute Gasteiger partial charge is 0.519 e. The van der Waals surface area contributed by atoms with Crippen molar-refractivity contribution < 1.29 is 9.22 Å². The summed E-state index contributed by atoms with van der Waals surface area (Å²) < 4.78 is 5.75. The van der Waals surface area contributed by atoms with Crippen molar-refractivity contribution in [1.82, 2.24) is 0 Å². The van der Waals surface area contributed by atoms with Crippen LogP contribution in [-0.4, -0.2) is 14.3 Å². The van der Waals surface area contributed by atoms with Gasteiger partial charge in [0.05, 0.1) is 6.42 Å². The van der Waals surface area contributed by atoms with Gasteiger partial charge in [-0.1, -0.05) is 47.0 Å². The quantitative estimate of drug-likeness (QED) is 0.589. The summed E-state index contributed by atoms with van der Waals surface area (Å²) in [6.07, 6.45) is 4.93. The lowest BCUT2D eigenvalue weighted by atomic mass is 10.5. The zero-order valence-electron chi connectivity index (χ0n) is 10.6. The van der Waals surface area contributed by atoms with Crippen molar-refractivity contribution >= 4 is 14.3 Å². The van der Waals surface area contributed by atoms with Gasteiger partial charge < -0.3 is 4.43 Å². The van der Waals surface area contributed by atoms with E-state index in [-0.39, 0.29) is 5.97 Å². The Morgan fingerprint density at radius 1 is 1.07 bits per heavy atom. The molecule has 0 unspecified atom stereocenters. The minimum Gasteiger partial charge on any atom is -0.519 e. The third-order valence-electron chi connectivity index (χ3n) is 2.67. The van der Waals surface area contributed by atoms with E-state index in [0.717, 1.165) is 37.4 Å². The molecule has 0 spiro atoms. The molecular formula is C12H25O2Si. The Kier molecular flexibility index (Phi) is 7.75. The van der Waals surface area contributed by atoms with Crippen LogP contribution >= 0.6 is 0 Å². The van der Waals surface area contributed by atoms with E-state index in [2.05, 4.69) is 20.8 Å². The molecule has 0 saturated heterocycles. The van der Waals surface area contributed by atoms with Crippen LogP contribution in [-0.2, 0) is 9.22 Å². The minimum atomic E-state index is -1.76. The third-order valence-corrected chi connectivity index (χ3v) is 7.54. The molecule has 0 aliphatic carbocycles. The summed E-state index contributed by atoms with van der Waals surface area (Å²) in [7, 11) is -1.76. The summed E-state index contributed by atoms with van der Waals surface area (Å²) in [5.74, 6) is -0.114. The fourth-order valence-corrected chi connectivity index (χ4v) is 6.50. The monoisotopic (exact) mass is 229 g/mol. The van der Waals surface area contributed by atoms with Crippen molar-refractivity contribution in [1.29, 1.82) is 0 Å². The fourth-order valence-electron chi connectivity index (χ4n) is 2.17. The lowest BCUT2D eigenvalue weighted by molar-refractivity contribution is -0.131. The molecule has 0 atom stereocenters. The van der Waals surface area contributed by atoms with Gasteiger partial charge in [-0.2, -0.15) is 0 Å². The standard InChI is InChI=1S/C12H25O2Si/c1-5-9-15(10-6-2,11-7-3)14-12(13)8-4/h8H,5-7,9-11H2,1-4H3. The van der Waals surface area contributed by atoms with Crippen LogP contribution < -0.4 is 0 Å². The molecule has 15 heavy (non-hydrogen) atoms. The summed E-state index contributed by atoms with van der Waals surface area (Å²) in [6, 6.07) is 3.36. The maximum atomic E-state index is 11.4. The Labute approximate surface area is 95.5 Å². The molecule has 0 aromatic carbocycles. The van der Waals surface area contributed by atoms with E-state index >= 15 is 0 Å². The molecule has 0 aliphatic rings. The SMILES string of the molecule is C[CH]C(=O)O[Si](CCC)(CCC)CCC. The Morgan fingerprint density at radius 3 is 1.73 bits per heavy atom. The molecule has 0 bridgehead atoms. The molecule has 0 N–H and O–H groups in total. The highest BCUT2D eigenvalue weighted by Crippen LogP contribution is 2.27. The number of carbonyl (C=O) groups excluding carboxylic acids is 1. The van der Waals surface area contributed by atoms with Crippen LogP contribution in [0.2, 0.25) is 18.1 Å². The number of hydrogen-bond donors (Lipinski definition) is 0. The van der Waals surface area contributed by atoms with Crippen LogP contribution in [0.5, 0.6) is 0 Å². The first-order valence-electron chi connectivity index (χ1n) is 6.16. The van der Waals surface area contributed by atoms with Crippen LogP contribution in [0.1, 0.15) is 47.0 Å². The summed E-state index contributed by atoms with van der Waals surface area (Å²) in [4.78, 5) is 11.4. The molecule has 2 nitrogen and oxygen atoms in total. The fraction of sp³-hybridized carbons (Fsp3) is 0.833. The van der Waals surface area contributed by atoms with Gasteiger partial charge in [0.15, 0.2) is 0 Å². The summed E-state index contributed by atoms with van der Waals surface area (Å²) >= 11 is 0. The molecule has 0 heterocycles. The normalized spacial score (nSPS) is 11.5. The van der Waals surface area contributed by atoms with Crippen molar-refractivity contribution in [3.63, 3.8) is 0 Å². The first kappa shape index (κ1) is 14.7. The number of rotatable bonds is 8. The van der Waals surface area contributed by atoms with Gasteiger partial charge in [-0.25, -0.2) is 0 Å². The van der Waals surface area contributed by atoms with Gasteiger partial charge in [-0.05, 0) is 18.1 Å². The van der Waals surface area contributed by atoms with E-state index in [1.54, 1.807) is 13.3 Å². The highest BCUT2D eigenvalue weighted by Gasteiger charge is 2.35. The zero-order valence-corrected chi connectivity index (χ0v) is 11.6. The van der Waals surface area contributed by atoms with Gasteiger partial charge in [0.1, 0.15) is 0 Å². The third kappa shape index (κ3) is 5.35. The molecule has 0 rings (SSSR count). The molecule has 0 amide bonds. The molecule has 0 fully saturated rings. The first-order chi connectivity index (χ1) is 7.14. The van der Waals surface area contributed by atoms with Crippen LogP contribution in [0.4, 0.5) is 0 Å². The predicted molar refractivity (Wildman–Crippen MR) is 67.1 cm³/mol. The second-order valence-electron chi connectivity index (χ2n) is 4.14. The topological polar surface area (TPSA) is 26.3 Å². The molecular weight excluding hydrogens is 204 g/mol. The molecule has 0 aliphatic heterocycles. The molecule has 0 aromatic heterocycles. The Balaban J connectivity index is 4.51. The molecule has 0 saturated carbocycles. The Bertz CT molecular complexity index is 163. The smallest absolute Gasteiger partial charge is 0.296 e. The number of hydrogen-bond acceptors (Lipinski definition) is 2. The summed E-state index contributed by atoms with van der Waals surface area (Å²) in [5.41, 5.74) is 0. The lowest BCUT2D eigenvalue weighted by Crippen LogP contribution is -2.39. The molecule has 3 heteroatoms. The van der Waals surface area contributed by atoms with Crippen LogP contribution in [0.3, 0.4) is 0 Å². The van der Waals surface area contributed by atoms with E-state index in [4.69, 9.17) is 4.43 Å². The van der Waals surface area contributed by atoms with Gasteiger partial charge in [-0.15, -0.1) is 0 Å². The highest BCUT2D eigenvalue weighted by atomic mass is 28.4. The van der Waals surface area contributed by atoms with Crippen molar-refractivity contribution in [2.45, 2.75) is 65.1 Å². The highest BCUT2D eigenvalue weighted by molar-refractivity contribution is 6.75. The second-order valence-corrected chi connectivity index (χ2v) is 8.21. The maximum Gasteiger partial charge on any atom is 0.296 e. The van der Waals surface area contributed by atoms with E-state index in [1.807, 2.05) is 0 Å². The Morgan fingerprint density at radius 2 is 1.47 bits per heavy atom. The average molecular weight is 229 g/mol.